The van der Waals surface area contributed by atoms with E-state index < -0.39 is 10.7 Å². The molecule has 140 valence electrons. The van der Waals surface area contributed by atoms with Crippen LogP contribution in [0.5, 0.6) is 0 Å². The number of nitro groups is 1. The van der Waals surface area contributed by atoms with Crippen LogP contribution in [0.1, 0.15) is 5.56 Å². The lowest BCUT2D eigenvalue weighted by molar-refractivity contribution is -0.385. The van der Waals surface area contributed by atoms with Crippen LogP contribution < -0.4 is 4.90 Å². The van der Waals surface area contributed by atoms with Crippen LogP contribution in [-0.2, 0) is 4.79 Å². The average Bonchev–Trinajstić information content (AvgIpc) is 2.67. The van der Waals surface area contributed by atoms with Gasteiger partial charge in [-0.05, 0) is 30.3 Å². The van der Waals surface area contributed by atoms with Gasteiger partial charge in [-0.1, -0.05) is 11.6 Å². The number of carbonyl (C=O) groups is 1. The third-order valence-electron chi connectivity index (χ3n) is 4.22. The number of rotatable bonds is 4. The molecule has 1 aliphatic rings. The summed E-state index contributed by atoms with van der Waals surface area (Å²) in [6.45, 7) is 2.10. The third kappa shape index (κ3) is 4.40. The molecule has 0 unspecified atom stereocenters. The lowest BCUT2D eigenvalue weighted by Gasteiger charge is -2.35. The zero-order chi connectivity index (χ0) is 19.4. The molecule has 0 atom stereocenters. The predicted octanol–water partition coefficient (Wildman–Crippen LogP) is 3.14. The zero-order valence-electron chi connectivity index (χ0n) is 14.2. The van der Waals surface area contributed by atoms with E-state index in [1.54, 1.807) is 23.2 Å². The number of carbonyl (C=O) groups excluding carboxylic acids is 1. The number of pyridine rings is 1. The Hall–Kier alpha value is -3.00. The van der Waals surface area contributed by atoms with Gasteiger partial charge in [-0.2, -0.15) is 0 Å². The van der Waals surface area contributed by atoms with Gasteiger partial charge >= 0.3 is 0 Å². The minimum atomic E-state index is -0.700. The zero-order valence-corrected chi connectivity index (χ0v) is 15.0. The fourth-order valence-electron chi connectivity index (χ4n) is 2.83. The number of hydrogen-bond acceptors (Lipinski definition) is 5. The van der Waals surface area contributed by atoms with Gasteiger partial charge in [-0.3, -0.25) is 14.9 Å². The number of halogens is 2. The molecule has 3 rings (SSSR count). The molecule has 0 aliphatic carbocycles. The fraction of sp³-hybridized carbons (Fsp3) is 0.222. The van der Waals surface area contributed by atoms with Crippen LogP contribution in [0.25, 0.3) is 6.08 Å². The van der Waals surface area contributed by atoms with Gasteiger partial charge in [0, 0.05) is 38.5 Å². The molecule has 0 saturated carbocycles. The summed E-state index contributed by atoms with van der Waals surface area (Å²) in [6, 6.07) is 6.75. The molecule has 1 aromatic carbocycles. The topological polar surface area (TPSA) is 79.6 Å². The van der Waals surface area contributed by atoms with E-state index in [-0.39, 0.29) is 17.2 Å². The summed E-state index contributed by atoms with van der Waals surface area (Å²) in [5.41, 5.74) is -0.206. The van der Waals surface area contributed by atoms with Crippen LogP contribution in [0.4, 0.5) is 15.9 Å². The first-order valence-corrected chi connectivity index (χ1v) is 8.60. The van der Waals surface area contributed by atoms with Crippen molar-refractivity contribution in [2.24, 2.45) is 0 Å². The van der Waals surface area contributed by atoms with Gasteiger partial charge in [0.25, 0.3) is 5.69 Å². The second kappa shape index (κ2) is 8.13. The minimum Gasteiger partial charge on any atom is -0.352 e. The average molecular weight is 391 g/mol. The summed E-state index contributed by atoms with van der Waals surface area (Å²) >= 11 is 6.15. The maximum atomic E-state index is 13.2. The Morgan fingerprint density at radius 1 is 1.26 bits per heavy atom. The van der Waals surface area contributed by atoms with Crippen LogP contribution in [0.3, 0.4) is 0 Å². The van der Waals surface area contributed by atoms with Gasteiger partial charge in [0.2, 0.25) is 5.91 Å². The van der Waals surface area contributed by atoms with E-state index >= 15 is 0 Å². The van der Waals surface area contributed by atoms with E-state index in [9.17, 15) is 19.3 Å². The highest BCUT2D eigenvalue weighted by Crippen LogP contribution is 2.24. The SMILES string of the molecule is O=C(C=Cc1ccc(F)cc1[N+](=O)[O-])N1CCN(c2ncccc2Cl)CC1. The van der Waals surface area contributed by atoms with Crippen molar-refractivity contribution in [1.29, 1.82) is 0 Å². The highest BCUT2D eigenvalue weighted by Gasteiger charge is 2.22. The maximum absolute atomic E-state index is 13.2. The Kier molecular flexibility index (Phi) is 5.66. The molecule has 27 heavy (non-hydrogen) atoms. The van der Waals surface area contributed by atoms with E-state index in [4.69, 9.17) is 11.6 Å². The van der Waals surface area contributed by atoms with E-state index in [0.29, 0.717) is 37.0 Å². The number of piperazine rings is 1. The Morgan fingerprint density at radius 2 is 2.00 bits per heavy atom. The van der Waals surface area contributed by atoms with Crippen molar-refractivity contribution in [3.63, 3.8) is 0 Å². The molecule has 0 radical (unpaired) electrons. The van der Waals surface area contributed by atoms with Crippen molar-refractivity contribution in [3.8, 4) is 0 Å². The molecule has 1 saturated heterocycles. The Labute approximate surface area is 159 Å². The Morgan fingerprint density at radius 3 is 2.67 bits per heavy atom. The predicted molar refractivity (Wildman–Crippen MR) is 100 cm³/mol. The number of nitro benzene ring substituents is 1. The molecule has 9 heteroatoms. The van der Waals surface area contributed by atoms with E-state index in [0.717, 1.165) is 12.1 Å². The molecule has 1 amide bonds. The minimum absolute atomic E-state index is 0.175. The molecule has 2 aromatic rings. The summed E-state index contributed by atoms with van der Waals surface area (Å²) < 4.78 is 13.2. The molecule has 1 aromatic heterocycles. The lowest BCUT2D eigenvalue weighted by atomic mass is 10.1. The summed E-state index contributed by atoms with van der Waals surface area (Å²) in [5, 5.41) is 11.6. The van der Waals surface area contributed by atoms with Crippen molar-refractivity contribution >= 4 is 35.1 Å². The monoisotopic (exact) mass is 390 g/mol. The Balaban J connectivity index is 1.64. The molecule has 7 nitrogen and oxygen atoms in total. The molecular weight excluding hydrogens is 375 g/mol. The first kappa shape index (κ1) is 18.8. The number of hydrogen-bond donors (Lipinski definition) is 0. The number of anilines is 1. The van der Waals surface area contributed by atoms with Gasteiger partial charge in [0.05, 0.1) is 21.6 Å². The number of nitrogens with zero attached hydrogens (tertiary/aromatic N) is 4. The van der Waals surface area contributed by atoms with Gasteiger partial charge in [-0.15, -0.1) is 0 Å². The number of amides is 1. The van der Waals surface area contributed by atoms with Crippen LogP contribution in [0, 0.1) is 15.9 Å². The second-order valence-corrected chi connectivity index (χ2v) is 6.32. The second-order valence-electron chi connectivity index (χ2n) is 5.91. The van der Waals surface area contributed by atoms with Crippen molar-refractivity contribution in [2.75, 3.05) is 31.1 Å². The van der Waals surface area contributed by atoms with E-state index in [1.165, 1.54) is 18.2 Å². The highest BCUT2D eigenvalue weighted by atomic mass is 35.5. The van der Waals surface area contributed by atoms with Gasteiger partial charge in [0.1, 0.15) is 11.6 Å². The third-order valence-corrected chi connectivity index (χ3v) is 4.52. The van der Waals surface area contributed by atoms with Crippen LogP contribution >= 0.6 is 11.6 Å². The van der Waals surface area contributed by atoms with Crippen molar-refractivity contribution < 1.29 is 14.1 Å². The molecule has 1 aliphatic heterocycles. The van der Waals surface area contributed by atoms with E-state index in [1.807, 2.05) is 4.90 Å². The first-order valence-electron chi connectivity index (χ1n) is 8.22. The van der Waals surface area contributed by atoms with Crippen LogP contribution in [0.15, 0.2) is 42.6 Å². The van der Waals surface area contributed by atoms with Crippen molar-refractivity contribution in [3.05, 3.63) is 69.1 Å². The first-order chi connectivity index (χ1) is 13.0. The van der Waals surface area contributed by atoms with Crippen molar-refractivity contribution in [2.45, 2.75) is 0 Å². The van der Waals surface area contributed by atoms with Gasteiger partial charge in [-0.25, -0.2) is 9.37 Å². The molecule has 0 spiro atoms. The molecule has 0 bridgehead atoms. The quantitative estimate of drug-likeness (QED) is 0.455. The molecule has 1 fully saturated rings. The van der Waals surface area contributed by atoms with Gasteiger partial charge in [0.15, 0.2) is 0 Å². The fourth-order valence-corrected chi connectivity index (χ4v) is 3.07. The lowest BCUT2D eigenvalue weighted by Crippen LogP contribution is -2.48. The molecule has 0 N–H and O–H groups in total. The van der Waals surface area contributed by atoms with E-state index in [2.05, 4.69) is 4.98 Å². The summed E-state index contributed by atoms with van der Waals surface area (Å²) in [7, 11) is 0. The maximum Gasteiger partial charge on any atom is 0.279 e. The summed E-state index contributed by atoms with van der Waals surface area (Å²) in [4.78, 5) is 30.6. The van der Waals surface area contributed by atoms with Crippen LogP contribution in [-0.4, -0.2) is 46.9 Å². The largest absolute Gasteiger partial charge is 0.352 e. The molecular formula is C18H16ClFN4O3. The summed E-state index contributed by atoms with van der Waals surface area (Å²) in [6.07, 6.45) is 4.27. The normalized spacial score (nSPS) is 14.6. The van der Waals surface area contributed by atoms with Gasteiger partial charge < -0.3 is 9.80 Å². The smallest absolute Gasteiger partial charge is 0.279 e. The number of aromatic nitrogens is 1. The summed E-state index contributed by atoms with van der Waals surface area (Å²) in [5.74, 6) is -0.279. The highest BCUT2D eigenvalue weighted by molar-refractivity contribution is 6.32. The van der Waals surface area contributed by atoms with Crippen LogP contribution in [0.2, 0.25) is 5.02 Å². The number of benzene rings is 1. The standard InChI is InChI=1S/C18H16ClFN4O3/c19-15-2-1-7-21-18(15)23-10-8-22(9-11-23)17(25)6-4-13-3-5-14(20)12-16(13)24(26)27/h1-7,12H,8-11H2. The Bertz CT molecular complexity index is 898. The van der Waals surface area contributed by atoms with Crippen molar-refractivity contribution in [1.82, 2.24) is 9.88 Å². The molecule has 2 heterocycles.